The number of aromatic amines is 1. The van der Waals surface area contributed by atoms with Crippen molar-refractivity contribution in [3.05, 3.63) is 42.2 Å². The molecule has 0 saturated carbocycles. The van der Waals surface area contributed by atoms with Gasteiger partial charge in [-0.3, -0.25) is 13.9 Å². The molecular formula is C18H22N6O3S. The largest absolute Gasteiger partial charge is 0.364 e. The fraction of sp³-hybridized carbons (Fsp3) is 0.278. The molecule has 0 spiro atoms. The number of rotatable bonds is 4. The highest BCUT2D eigenvalue weighted by Crippen LogP contribution is 2.44. The van der Waals surface area contributed by atoms with Crippen molar-refractivity contribution in [1.29, 1.82) is 0 Å². The van der Waals surface area contributed by atoms with Crippen LogP contribution in [-0.4, -0.2) is 53.6 Å². The molecule has 10 heteroatoms. The van der Waals surface area contributed by atoms with Gasteiger partial charge in [0.05, 0.1) is 23.7 Å². The normalized spacial score (nSPS) is 22.7. The van der Waals surface area contributed by atoms with Crippen molar-refractivity contribution in [3.8, 4) is 11.4 Å². The minimum absolute atomic E-state index is 0.0503. The summed E-state index contributed by atoms with van der Waals surface area (Å²) >= 11 is 0. The van der Waals surface area contributed by atoms with E-state index in [2.05, 4.69) is 20.3 Å². The van der Waals surface area contributed by atoms with Crippen LogP contribution in [0.2, 0.25) is 0 Å². The van der Waals surface area contributed by atoms with E-state index in [0.29, 0.717) is 29.4 Å². The number of anilines is 1. The predicted molar refractivity (Wildman–Crippen MR) is 110 cm³/mol. The fourth-order valence-electron chi connectivity index (χ4n) is 3.39. The number of amides is 1. The van der Waals surface area contributed by atoms with Gasteiger partial charge in [-0.05, 0) is 18.6 Å². The molecule has 1 aliphatic heterocycles. The first-order valence-corrected chi connectivity index (χ1v) is 10.7. The second kappa shape index (κ2) is 7.06. The molecule has 8 N–H and O–H groups in total. The van der Waals surface area contributed by atoms with E-state index in [1.807, 2.05) is 30.3 Å². The Kier molecular flexibility index (Phi) is 4.71. The number of hydrogen-bond acceptors (Lipinski definition) is 7. The van der Waals surface area contributed by atoms with E-state index in [1.54, 1.807) is 0 Å². The summed E-state index contributed by atoms with van der Waals surface area (Å²) in [6.07, 6.45) is 1.90. The van der Waals surface area contributed by atoms with E-state index in [4.69, 9.17) is 11.5 Å². The highest BCUT2D eigenvalue weighted by molar-refractivity contribution is 8.24. The number of primary amides is 1. The first-order chi connectivity index (χ1) is 13.3. The van der Waals surface area contributed by atoms with Gasteiger partial charge in [-0.15, -0.1) is 0 Å². The Morgan fingerprint density at radius 1 is 1.32 bits per heavy atom. The minimum Gasteiger partial charge on any atom is -0.364 e. The number of benzene rings is 1. The summed E-state index contributed by atoms with van der Waals surface area (Å²) in [5.41, 5.74) is 13.5. The molecule has 3 heterocycles. The molecule has 1 fully saturated rings. The number of H-pyrrole nitrogens is 1. The maximum Gasteiger partial charge on any atom is 0.269 e. The first-order valence-electron chi connectivity index (χ1n) is 8.83. The lowest BCUT2D eigenvalue weighted by Gasteiger charge is -2.43. The standard InChI is InChI=1S/C18H22N6O3S/c19-11-5-6-28(26,27)9-14(11)23-15-8-21-17(18(20)25)16(24-15)13-7-10-3-1-2-4-12(10)22-13/h1-4,7-8,11,14,22,26-27H,5-6,9,19H2,(H2,20,25)(H,23,24)/t11-,14+/m0/s1. The molecule has 3 aromatic rings. The van der Waals surface area contributed by atoms with Crippen molar-refractivity contribution in [2.24, 2.45) is 11.5 Å². The number of aromatic nitrogens is 3. The van der Waals surface area contributed by atoms with Crippen LogP contribution in [0.25, 0.3) is 22.3 Å². The van der Waals surface area contributed by atoms with Gasteiger partial charge in [0.2, 0.25) is 0 Å². The SMILES string of the molecule is NC(=O)c1ncc(N[C@@H]2CS(O)(O)CC[C@@H]2N)nc1-c1cc2ccccc2[nH]1. The molecule has 2 aromatic heterocycles. The number of hydrogen-bond donors (Lipinski definition) is 6. The Morgan fingerprint density at radius 2 is 2.11 bits per heavy atom. The average Bonchev–Trinajstić information content (AvgIpc) is 3.08. The van der Waals surface area contributed by atoms with Crippen LogP contribution in [0.5, 0.6) is 0 Å². The number of nitrogens with zero attached hydrogens (tertiary/aromatic N) is 2. The Balaban J connectivity index is 1.70. The topological polar surface area (TPSA) is 163 Å². The smallest absolute Gasteiger partial charge is 0.269 e. The van der Waals surface area contributed by atoms with Crippen molar-refractivity contribution >= 4 is 33.2 Å². The van der Waals surface area contributed by atoms with Gasteiger partial charge in [-0.25, -0.2) is 9.97 Å². The Hall–Kier alpha value is -2.66. The lowest BCUT2D eigenvalue weighted by Crippen LogP contribution is -2.48. The highest BCUT2D eigenvalue weighted by atomic mass is 32.3. The molecule has 1 aromatic carbocycles. The molecule has 1 aliphatic rings. The summed E-state index contributed by atoms with van der Waals surface area (Å²) in [6, 6.07) is 8.96. The summed E-state index contributed by atoms with van der Waals surface area (Å²) in [6.45, 7) is 0. The van der Waals surface area contributed by atoms with E-state index in [-0.39, 0.29) is 23.5 Å². The van der Waals surface area contributed by atoms with Crippen molar-refractivity contribution in [3.63, 3.8) is 0 Å². The Bertz CT molecular complexity index is 1000. The van der Waals surface area contributed by atoms with Gasteiger partial charge in [0.25, 0.3) is 5.91 Å². The molecule has 0 radical (unpaired) electrons. The van der Waals surface area contributed by atoms with E-state index in [1.165, 1.54) is 6.20 Å². The maximum atomic E-state index is 11.9. The second-order valence-electron chi connectivity index (χ2n) is 6.96. The van der Waals surface area contributed by atoms with Crippen LogP contribution in [-0.2, 0) is 0 Å². The Morgan fingerprint density at radius 3 is 2.86 bits per heavy atom. The Labute approximate surface area is 162 Å². The van der Waals surface area contributed by atoms with E-state index >= 15 is 0 Å². The van der Waals surface area contributed by atoms with Gasteiger partial charge >= 0.3 is 0 Å². The predicted octanol–water partition coefficient (Wildman–Crippen LogP) is 1.99. The summed E-state index contributed by atoms with van der Waals surface area (Å²) in [7, 11) is -2.66. The molecule has 9 nitrogen and oxygen atoms in total. The number of carbonyl (C=O) groups is 1. The van der Waals surface area contributed by atoms with Crippen molar-refractivity contribution in [2.75, 3.05) is 16.8 Å². The highest BCUT2D eigenvalue weighted by Gasteiger charge is 2.31. The number of carbonyl (C=O) groups excluding carboxylic acids is 1. The van der Waals surface area contributed by atoms with Crippen LogP contribution < -0.4 is 16.8 Å². The lowest BCUT2D eigenvalue weighted by molar-refractivity contribution is 0.0996. The third-order valence-corrected chi connectivity index (χ3v) is 6.65. The molecule has 1 amide bonds. The quantitative estimate of drug-likeness (QED) is 0.388. The minimum atomic E-state index is -2.66. The van der Waals surface area contributed by atoms with E-state index in [0.717, 1.165) is 10.9 Å². The molecule has 0 bridgehead atoms. The molecule has 0 unspecified atom stereocenters. The van der Waals surface area contributed by atoms with E-state index in [9.17, 15) is 13.9 Å². The molecule has 4 rings (SSSR count). The van der Waals surface area contributed by atoms with Crippen molar-refractivity contribution in [2.45, 2.75) is 18.5 Å². The molecule has 148 valence electrons. The third-order valence-electron chi connectivity index (χ3n) is 4.87. The molecule has 28 heavy (non-hydrogen) atoms. The zero-order valence-electron chi connectivity index (χ0n) is 15.0. The van der Waals surface area contributed by atoms with Crippen LogP contribution in [0.4, 0.5) is 5.82 Å². The average molecular weight is 402 g/mol. The van der Waals surface area contributed by atoms with Gasteiger partial charge in [0.1, 0.15) is 11.5 Å². The van der Waals surface area contributed by atoms with Crippen LogP contribution >= 0.6 is 10.6 Å². The van der Waals surface area contributed by atoms with Gasteiger partial charge < -0.3 is 21.8 Å². The number of nitrogens with two attached hydrogens (primary N) is 2. The number of nitrogens with one attached hydrogen (secondary N) is 2. The number of fused-ring (bicyclic) bond motifs is 1. The third kappa shape index (κ3) is 3.67. The van der Waals surface area contributed by atoms with Gasteiger partial charge in [0, 0.05) is 22.7 Å². The summed E-state index contributed by atoms with van der Waals surface area (Å²) in [5.74, 6) is 0.154. The second-order valence-corrected chi connectivity index (χ2v) is 9.31. The lowest BCUT2D eigenvalue weighted by atomic mass is 10.1. The zero-order valence-corrected chi connectivity index (χ0v) is 15.8. The maximum absolute atomic E-state index is 11.9. The van der Waals surface area contributed by atoms with Gasteiger partial charge in [0.15, 0.2) is 5.69 Å². The monoisotopic (exact) mass is 402 g/mol. The van der Waals surface area contributed by atoms with Crippen molar-refractivity contribution in [1.82, 2.24) is 15.0 Å². The molecule has 0 aliphatic carbocycles. The summed E-state index contributed by atoms with van der Waals surface area (Å²) in [4.78, 5) is 23.8. The first kappa shape index (κ1) is 18.7. The molecular weight excluding hydrogens is 380 g/mol. The zero-order chi connectivity index (χ0) is 19.9. The van der Waals surface area contributed by atoms with Crippen LogP contribution in [0.1, 0.15) is 16.9 Å². The number of para-hydroxylation sites is 1. The van der Waals surface area contributed by atoms with Gasteiger partial charge in [-0.2, -0.15) is 10.6 Å². The van der Waals surface area contributed by atoms with Crippen LogP contribution in [0.3, 0.4) is 0 Å². The molecule has 2 atom stereocenters. The van der Waals surface area contributed by atoms with E-state index < -0.39 is 16.5 Å². The van der Waals surface area contributed by atoms with Crippen molar-refractivity contribution < 1.29 is 13.9 Å². The molecule has 1 saturated heterocycles. The summed E-state index contributed by atoms with van der Waals surface area (Å²) < 4.78 is 20.0. The van der Waals surface area contributed by atoms with Gasteiger partial charge in [-0.1, -0.05) is 18.2 Å². The summed E-state index contributed by atoms with van der Waals surface area (Å²) in [5, 5.41) is 4.10. The van der Waals surface area contributed by atoms with Crippen LogP contribution in [0, 0.1) is 0 Å². The fourth-order valence-corrected chi connectivity index (χ4v) is 5.11. The van der Waals surface area contributed by atoms with Crippen LogP contribution in [0.15, 0.2) is 36.5 Å².